The second kappa shape index (κ2) is 7.40. The molecule has 0 radical (unpaired) electrons. The molecule has 2 heterocycles. The van der Waals surface area contributed by atoms with Gasteiger partial charge in [0.2, 0.25) is 0 Å². The highest BCUT2D eigenvalue weighted by atomic mass is 28.3. The van der Waals surface area contributed by atoms with Crippen molar-refractivity contribution in [2.24, 2.45) is 0 Å². The maximum atomic E-state index is 12.9. The van der Waals surface area contributed by atoms with E-state index in [0.717, 1.165) is 22.3 Å². The number of hydrogen-bond donors (Lipinski definition) is 2. The van der Waals surface area contributed by atoms with E-state index in [1.165, 1.54) is 0 Å². The van der Waals surface area contributed by atoms with Crippen molar-refractivity contribution in [3.63, 3.8) is 0 Å². The molecule has 1 spiro atoms. The molecule has 0 saturated carbocycles. The van der Waals surface area contributed by atoms with Crippen LogP contribution in [0.25, 0.3) is 5.57 Å². The Hall–Kier alpha value is -2.07. The first-order valence-electron chi connectivity index (χ1n) is 9.76. The number of piperidine rings is 1. The molecule has 0 aliphatic carbocycles. The normalized spacial score (nSPS) is 19.6. The molecule has 0 aromatic heterocycles. The summed E-state index contributed by atoms with van der Waals surface area (Å²) in [6, 6.07) is 4.03. The van der Waals surface area contributed by atoms with E-state index in [1.807, 2.05) is 31.0 Å². The molecule has 1 amide bonds. The number of carbonyl (C=O) groups is 1. The molecular formula is C22H30N2O3Si. The highest BCUT2D eigenvalue weighted by Crippen LogP contribution is 2.40. The van der Waals surface area contributed by atoms with Crippen molar-refractivity contribution in [2.45, 2.75) is 51.9 Å². The number of carbonyl (C=O) groups excluding carboxylic acids is 1. The molecule has 2 N–H and O–H groups in total. The lowest BCUT2D eigenvalue weighted by atomic mass is 9.85. The van der Waals surface area contributed by atoms with Crippen molar-refractivity contribution in [3.05, 3.63) is 40.1 Å². The molecule has 150 valence electrons. The van der Waals surface area contributed by atoms with Crippen molar-refractivity contribution in [1.29, 1.82) is 0 Å². The number of aliphatic hydroxyl groups excluding tert-OH is 1. The van der Waals surface area contributed by atoms with E-state index in [2.05, 4.69) is 36.4 Å². The molecule has 2 aliphatic heterocycles. The third-order valence-corrected chi connectivity index (χ3v) is 6.34. The first kappa shape index (κ1) is 20.7. The minimum Gasteiger partial charge on any atom is -0.509 e. The van der Waals surface area contributed by atoms with Gasteiger partial charge in [-0.2, -0.15) is 5.06 Å². The van der Waals surface area contributed by atoms with Crippen molar-refractivity contribution < 1.29 is 14.7 Å². The SMILES string of the molecule is CON1CCC2(CC1)NC(=O)C(c1c(C)cc(C#C[Si](C)(C)C)cc1C)=C2O. The first-order valence-corrected chi connectivity index (χ1v) is 13.3. The predicted octanol–water partition coefficient (Wildman–Crippen LogP) is 3.33. The molecule has 0 bridgehead atoms. The lowest BCUT2D eigenvalue weighted by Gasteiger charge is -2.37. The Balaban J connectivity index is 2.00. The predicted molar refractivity (Wildman–Crippen MR) is 114 cm³/mol. The Morgan fingerprint density at radius 2 is 1.75 bits per heavy atom. The Morgan fingerprint density at radius 3 is 2.25 bits per heavy atom. The zero-order valence-corrected chi connectivity index (χ0v) is 18.7. The van der Waals surface area contributed by atoms with E-state index < -0.39 is 13.6 Å². The Labute approximate surface area is 168 Å². The van der Waals surface area contributed by atoms with Crippen LogP contribution in [0.3, 0.4) is 0 Å². The summed E-state index contributed by atoms with van der Waals surface area (Å²) >= 11 is 0. The van der Waals surface area contributed by atoms with Gasteiger partial charge in [0.25, 0.3) is 5.91 Å². The summed E-state index contributed by atoms with van der Waals surface area (Å²) < 4.78 is 0. The second-order valence-corrected chi connectivity index (χ2v) is 13.6. The third-order valence-electron chi connectivity index (χ3n) is 5.47. The monoisotopic (exact) mass is 398 g/mol. The average Bonchev–Trinajstić information content (AvgIpc) is 2.84. The quantitative estimate of drug-likeness (QED) is 0.593. The number of nitrogens with zero attached hydrogens (tertiary/aromatic N) is 1. The van der Waals surface area contributed by atoms with E-state index in [9.17, 15) is 9.90 Å². The zero-order valence-electron chi connectivity index (χ0n) is 17.7. The van der Waals surface area contributed by atoms with Crippen molar-refractivity contribution in [1.82, 2.24) is 10.4 Å². The van der Waals surface area contributed by atoms with E-state index in [-0.39, 0.29) is 11.7 Å². The number of nitrogens with one attached hydrogen (secondary N) is 1. The van der Waals surface area contributed by atoms with Gasteiger partial charge in [-0.25, -0.2) is 0 Å². The molecule has 3 rings (SSSR count). The topological polar surface area (TPSA) is 61.8 Å². The Kier molecular flexibility index (Phi) is 5.46. The van der Waals surface area contributed by atoms with E-state index in [0.29, 0.717) is 31.5 Å². The fraction of sp³-hybridized carbons (Fsp3) is 0.500. The summed E-state index contributed by atoms with van der Waals surface area (Å²) in [6.45, 7) is 11.9. The van der Waals surface area contributed by atoms with E-state index in [4.69, 9.17) is 4.84 Å². The van der Waals surface area contributed by atoms with Crippen LogP contribution in [0.4, 0.5) is 0 Å². The van der Waals surface area contributed by atoms with Crippen molar-refractivity contribution in [2.75, 3.05) is 20.2 Å². The number of benzene rings is 1. The Bertz CT molecular complexity index is 872. The van der Waals surface area contributed by atoms with Gasteiger partial charge in [0.05, 0.1) is 12.7 Å². The maximum Gasteiger partial charge on any atom is 0.256 e. The van der Waals surface area contributed by atoms with Gasteiger partial charge >= 0.3 is 0 Å². The summed E-state index contributed by atoms with van der Waals surface area (Å²) in [4.78, 5) is 18.1. The third kappa shape index (κ3) is 3.88. The van der Waals surface area contributed by atoms with E-state index >= 15 is 0 Å². The van der Waals surface area contributed by atoms with Crippen LogP contribution in [0, 0.1) is 25.3 Å². The molecule has 0 unspecified atom stereocenters. The molecule has 28 heavy (non-hydrogen) atoms. The van der Waals surface area contributed by atoms with Gasteiger partial charge in [0.1, 0.15) is 19.4 Å². The number of rotatable bonds is 2. The minimum absolute atomic E-state index is 0.167. The van der Waals surface area contributed by atoms with Crippen LogP contribution in [-0.2, 0) is 9.63 Å². The molecule has 6 heteroatoms. The van der Waals surface area contributed by atoms with Gasteiger partial charge in [-0.15, -0.1) is 5.54 Å². The zero-order chi connectivity index (χ0) is 20.7. The van der Waals surface area contributed by atoms with Crippen LogP contribution in [-0.4, -0.2) is 49.9 Å². The molecule has 1 fully saturated rings. The van der Waals surface area contributed by atoms with Crippen LogP contribution in [0.5, 0.6) is 0 Å². The maximum absolute atomic E-state index is 12.9. The summed E-state index contributed by atoms with van der Waals surface area (Å²) in [5.74, 6) is 3.26. The van der Waals surface area contributed by atoms with Crippen molar-refractivity contribution >= 4 is 19.6 Å². The minimum atomic E-state index is -1.46. The average molecular weight is 399 g/mol. The summed E-state index contributed by atoms with van der Waals surface area (Å²) in [7, 11) is 0.184. The molecule has 1 aromatic rings. The van der Waals surface area contributed by atoms with Crippen molar-refractivity contribution in [3.8, 4) is 11.5 Å². The lowest BCUT2D eigenvalue weighted by Crippen LogP contribution is -2.52. The fourth-order valence-corrected chi connectivity index (χ4v) is 4.54. The van der Waals surface area contributed by atoms with Gasteiger partial charge in [0, 0.05) is 18.7 Å². The number of amides is 1. The molecule has 5 nitrogen and oxygen atoms in total. The highest BCUT2D eigenvalue weighted by Gasteiger charge is 2.48. The highest BCUT2D eigenvalue weighted by molar-refractivity contribution is 6.83. The number of aryl methyl sites for hydroxylation is 2. The summed E-state index contributed by atoms with van der Waals surface area (Å²) in [6.07, 6.45) is 1.25. The van der Waals surface area contributed by atoms with Crippen LogP contribution in [0.15, 0.2) is 17.9 Å². The largest absolute Gasteiger partial charge is 0.509 e. The number of hydroxylamine groups is 2. The van der Waals surface area contributed by atoms with Gasteiger partial charge in [-0.1, -0.05) is 25.6 Å². The Morgan fingerprint density at radius 1 is 1.18 bits per heavy atom. The number of hydrogen-bond acceptors (Lipinski definition) is 4. The molecule has 2 aliphatic rings. The summed E-state index contributed by atoms with van der Waals surface area (Å²) in [5.41, 5.74) is 6.81. The molecule has 1 aromatic carbocycles. The van der Waals surface area contributed by atoms with Gasteiger partial charge in [0.15, 0.2) is 0 Å². The number of aliphatic hydroxyl groups is 1. The van der Waals surface area contributed by atoms with Gasteiger partial charge < -0.3 is 15.3 Å². The van der Waals surface area contributed by atoms with Crippen LogP contribution >= 0.6 is 0 Å². The molecule has 0 atom stereocenters. The fourth-order valence-electron chi connectivity index (χ4n) is 4.02. The van der Waals surface area contributed by atoms with Gasteiger partial charge in [-0.3, -0.25) is 4.79 Å². The molecule has 1 saturated heterocycles. The second-order valence-electron chi connectivity index (χ2n) is 8.86. The smallest absolute Gasteiger partial charge is 0.256 e. The van der Waals surface area contributed by atoms with Crippen LogP contribution in [0.1, 0.15) is 35.1 Å². The van der Waals surface area contributed by atoms with Crippen LogP contribution < -0.4 is 5.32 Å². The van der Waals surface area contributed by atoms with E-state index in [1.54, 1.807) is 7.11 Å². The standard InChI is InChI=1S/C22H30N2O3Si/c1-15-13-17(7-12-28(4,5)6)14-16(2)18(15)19-20(25)22(23-21(19)26)8-10-24(27-3)11-9-22/h13-14,25H,8-11H2,1-6H3,(H,23,26). The van der Waals surface area contributed by atoms with Gasteiger partial charge in [-0.05, 0) is 55.5 Å². The lowest BCUT2D eigenvalue weighted by molar-refractivity contribution is -0.152. The molecular weight excluding hydrogens is 368 g/mol. The summed E-state index contributed by atoms with van der Waals surface area (Å²) in [5, 5.41) is 16.0. The van der Waals surface area contributed by atoms with Crippen LogP contribution in [0.2, 0.25) is 19.6 Å². The first-order chi connectivity index (χ1) is 13.1.